The van der Waals surface area contributed by atoms with Crippen LogP contribution in [-0.2, 0) is 14.3 Å². The zero-order valence-corrected chi connectivity index (χ0v) is 10.2. The summed E-state index contributed by atoms with van der Waals surface area (Å²) in [6.07, 6.45) is -5.45. The highest BCUT2D eigenvalue weighted by molar-refractivity contribution is 5.79. The van der Waals surface area contributed by atoms with Crippen molar-refractivity contribution in [2.75, 3.05) is 6.61 Å². The maximum absolute atomic E-state index is 11.5. The molecule has 5 N–H and O–H groups in total. The Bertz CT molecular complexity index is 344. The molecule has 0 bridgehead atoms. The van der Waals surface area contributed by atoms with E-state index in [4.69, 9.17) is 9.84 Å². The van der Waals surface area contributed by atoms with Crippen molar-refractivity contribution in [1.29, 1.82) is 0 Å². The SMILES string of the molecule is O=C(O)CCCC(=O)CC1(O)OC[C@@H](O)[C@H](O)[C@H]1O. The number of carbonyl (C=O) groups is 2. The second-order valence-electron chi connectivity index (χ2n) is 4.62. The molecule has 4 atom stereocenters. The standard InChI is InChI=1S/C11H18O8/c12-6(2-1-3-8(14)15)4-11(18)10(17)9(16)7(13)5-19-11/h7,9-10,13,16-18H,1-5H2,(H,14,15)/t7-,9+,10-,11?/m1/s1. The lowest BCUT2D eigenvalue weighted by molar-refractivity contribution is -0.320. The fraction of sp³-hybridized carbons (Fsp3) is 0.818. The Kier molecular flexibility index (Phi) is 5.39. The summed E-state index contributed by atoms with van der Waals surface area (Å²) in [6.45, 7) is -0.406. The summed E-state index contributed by atoms with van der Waals surface area (Å²) in [5, 5.41) is 46.6. The van der Waals surface area contributed by atoms with Crippen LogP contribution in [0.15, 0.2) is 0 Å². The molecule has 110 valence electrons. The van der Waals surface area contributed by atoms with Crippen molar-refractivity contribution in [3.63, 3.8) is 0 Å². The fourth-order valence-electron chi connectivity index (χ4n) is 1.85. The number of ether oxygens (including phenoxy) is 1. The fourth-order valence-corrected chi connectivity index (χ4v) is 1.85. The van der Waals surface area contributed by atoms with Gasteiger partial charge in [-0.05, 0) is 6.42 Å². The van der Waals surface area contributed by atoms with Crippen molar-refractivity contribution in [1.82, 2.24) is 0 Å². The van der Waals surface area contributed by atoms with Crippen molar-refractivity contribution in [2.24, 2.45) is 0 Å². The van der Waals surface area contributed by atoms with Crippen molar-refractivity contribution < 1.29 is 39.9 Å². The van der Waals surface area contributed by atoms with Gasteiger partial charge in [0.05, 0.1) is 13.0 Å². The van der Waals surface area contributed by atoms with Crippen LogP contribution < -0.4 is 0 Å². The van der Waals surface area contributed by atoms with Gasteiger partial charge in [0.25, 0.3) is 0 Å². The molecule has 19 heavy (non-hydrogen) atoms. The topological polar surface area (TPSA) is 145 Å². The van der Waals surface area contributed by atoms with E-state index < -0.39 is 48.9 Å². The molecule has 1 saturated heterocycles. The highest BCUT2D eigenvalue weighted by Gasteiger charge is 2.49. The third-order valence-electron chi connectivity index (χ3n) is 2.98. The number of Topliss-reactive ketones (excluding diaryl/α,β-unsaturated/α-hetero) is 1. The van der Waals surface area contributed by atoms with Crippen LogP contribution in [0.5, 0.6) is 0 Å². The Labute approximate surface area is 109 Å². The summed E-state index contributed by atoms with van der Waals surface area (Å²) < 4.78 is 4.82. The lowest BCUT2D eigenvalue weighted by atomic mass is 9.92. The Morgan fingerprint density at radius 2 is 1.84 bits per heavy atom. The van der Waals surface area contributed by atoms with E-state index in [-0.39, 0.29) is 19.3 Å². The van der Waals surface area contributed by atoms with Crippen molar-refractivity contribution in [3.8, 4) is 0 Å². The van der Waals surface area contributed by atoms with Crippen LogP contribution in [0.25, 0.3) is 0 Å². The Balaban J connectivity index is 2.50. The van der Waals surface area contributed by atoms with Crippen LogP contribution in [-0.4, -0.2) is 68.0 Å². The number of aliphatic hydroxyl groups excluding tert-OH is 3. The molecule has 0 spiro atoms. The predicted molar refractivity (Wildman–Crippen MR) is 60.0 cm³/mol. The van der Waals surface area contributed by atoms with Crippen LogP contribution in [0.4, 0.5) is 0 Å². The van der Waals surface area contributed by atoms with Gasteiger partial charge in [-0.15, -0.1) is 0 Å². The highest BCUT2D eigenvalue weighted by atomic mass is 16.6. The van der Waals surface area contributed by atoms with E-state index in [9.17, 15) is 30.0 Å². The van der Waals surface area contributed by atoms with Gasteiger partial charge >= 0.3 is 5.97 Å². The second-order valence-corrected chi connectivity index (χ2v) is 4.62. The third-order valence-corrected chi connectivity index (χ3v) is 2.98. The zero-order chi connectivity index (χ0) is 14.6. The number of carboxylic acids is 1. The van der Waals surface area contributed by atoms with Crippen LogP contribution in [0.1, 0.15) is 25.7 Å². The third kappa shape index (κ3) is 4.22. The first-order valence-corrected chi connectivity index (χ1v) is 5.90. The molecular formula is C11H18O8. The Morgan fingerprint density at radius 1 is 1.21 bits per heavy atom. The minimum absolute atomic E-state index is 0.0800. The summed E-state index contributed by atoms with van der Waals surface area (Å²) in [7, 11) is 0. The van der Waals surface area contributed by atoms with E-state index in [2.05, 4.69) is 0 Å². The highest BCUT2D eigenvalue weighted by Crippen LogP contribution is 2.27. The van der Waals surface area contributed by atoms with Crippen LogP contribution in [0, 0.1) is 0 Å². The second kappa shape index (κ2) is 6.40. The average molecular weight is 278 g/mol. The van der Waals surface area contributed by atoms with Gasteiger partial charge in [0.15, 0.2) is 0 Å². The molecule has 0 amide bonds. The molecule has 0 aromatic heterocycles. The number of aliphatic hydroxyl groups is 4. The van der Waals surface area contributed by atoms with Gasteiger partial charge in [0.2, 0.25) is 5.79 Å². The van der Waals surface area contributed by atoms with Gasteiger partial charge in [-0.1, -0.05) is 0 Å². The van der Waals surface area contributed by atoms with Crippen molar-refractivity contribution in [2.45, 2.75) is 49.8 Å². The maximum Gasteiger partial charge on any atom is 0.303 e. The summed E-state index contributed by atoms with van der Waals surface area (Å²) in [5.74, 6) is -3.77. The van der Waals surface area contributed by atoms with Gasteiger partial charge in [-0.25, -0.2) is 0 Å². The Morgan fingerprint density at radius 3 is 2.42 bits per heavy atom. The van der Waals surface area contributed by atoms with Gasteiger partial charge < -0.3 is 30.3 Å². The lowest BCUT2D eigenvalue weighted by Gasteiger charge is -2.41. The van der Waals surface area contributed by atoms with Gasteiger partial charge in [0, 0.05) is 12.8 Å². The summed E-state index contributed by atoms with van der Waals surface area (Å²) in [4.78, 5) is 21.8. The normalized spacial score (nSPS) is 35.1. The number of carboxylic acid groups (broad SMARTS) is 1. The summed E-state index contributed by atoms with van der Waals surface area (Å²) in [5.41, 5.74) is 0. The molecule has 0 aromatic rings. The van der Waals surface area contributed by atoms with Gasteiger partial charge in [0.1, 0.15) is 24.1 Å². The van der Waals surface area contributed by atoms with E-state index in [0.29, 0.717) is 0 Å². The van der Waals surface area contributed by atoms with E-state index in [1.165, 1.54) is 0 Å². The number of aliphatic carboxylic acids is 1. The van der Waals surface area contributed by atoms with Gasteiger partial charge in [-0.2, -0.15) is 0 Å². The molecule has 1 unspecified atom stereocenters. The minimum atomic E-state index is -2.25. The van der Waals surface area contributed by atoms with Crippen LogP contribution >= 0.6 is 0 Å². The van der Waals surface area contributed by atoms with Crippen LogP contribution in [0.2, 0.25) is 0 Å². The molecule has 8 nitrogen and oxygen atoms in total. The molecule has 8 heteroatoms. The van der Waals surface area contributed by atoms with E-state index in [1.54, 1.807) is 0 Å². The van der Waals surface area contributed by atoms with Crippen LogP contribution in [0.3, 0.4) is 0 Å². The number of carbonyl (C=O) groups excluding carboxylic acids is 1. The molecule has 1 rings (SSSR count). The van der Waals surface area contributed by atoms with Gasteiger partial charge in [-0.3, -0.25) is 9.59 Å². The maximum atomic E-state index is 11.5. The predicted octanol–water partition coefficient (Wildman–Crippen LogP) is -2.00. The molecule has 1 heterocycles. The first kappa shape index (κ1) is 16.0. The molecule has 0 aliphatic carbocycles. The zero-order valence-electron chi connectivity index (χ0n) is 10.2. The number of ketones is 1. The monoisotopic (exact) mass is 278 g/mol. The van der Waals surface area contributed by atoms with Crippen molar-refractivity contribution >= 4 is 11.8 Å². The van der Waals surface area contributed by atoms with Crippen molar-refractivity contribution in [3.05, 3.63) is 0 Å². The quantitative estimate of drug-likeness (QED) is 0.375. The molecule has 0 aromatic carbocycles. The number of hydrogen-bond donors (Lipinski definition) is 5. The number of hydrogen-bond acceptors (Lipinski definition) is 7. The molecule has 0 radical (unpaired) electrons. The molecule has 1 aliphatic heterocycles. The first-order valence-electron chi connectivity index (χ1n) is 5.90. The minimum Gasteiger partial charge on any atom is -0.481 e. The van der Waals surface area contributed by atoms with E-state index >= 15 is 0 Å². The number of rotatable bonds is 6. The molecule has 1 aliphatic rings. The largest absolute Gasteiger partial charge is 0.481 e. The summed E-state index contributed by atoms with van der Waals surface area (Å²) >= 11 is 0. The average Bonchev–Trinajstić information content (AvgIpc) is 2.31. The van der Waals surface area contributed by atoms with E-state index in [0.717, 1.165) is 0 Å². The van der Waals surface area contributed by atoms with E-state index in [1.807, 2.05) is 0 Å². The molecule has 0 saturated carbocycles. The smallest absolute Gasteiger partial charge is 0.303 e. The Hall–Kier alpha value is -1.06. The lowest BCUT2D eigenvalue weighted by Crippen LogP contribution is -2.61. The summed E-state index contributed by atoms with van der Waals surface area (Å²) in [6, 6.07) is 0. The molecular weight excluding hydrogens is 260 g/mol. The first-order chi connectivity index (χ1) is 8.76. The molecule has 1 fully saturated rings.